The zero-order valence-corrected chi connectivity index (χ0v) is 6.79. The zero-order valence-electron chi connectivity index (χ0n) is 14.8. The van der Waals surface area contributed by atoms with E-state index in [0.29, 0.717) is 0 Å². The van der Waals surface area contributed by atoms with Gasteiger partial charge in [-0.2, -0.15) is 0 Å². The number of hydrogen-bond donors (Lipinski definition) is 1. The van der Waals surface area contributed by atoms with E-state index >= 15 is 0 Å². The molecule has 3 fully saturated rings. The number of ketones is 1. The Balaban J connectivity index is 2.81. The fourth-order valence-corrected chi connectivity index (χ4v) is 1.63. The molecule has 3 aliphatic carbocycles. The highest BCUT2D eigenvalue weighted by atomic mass is 16.1. The molecule has 0 aromatic heterocycles. The minimum Gasteiger partial charge on any atom is -0.327 e. The monoisotopic (exact) mass is 175 g/mol. The predicted molar refractivity (Wildman–Crippen MR) is 47.6 cm³/mol. The van der Waals surface area contributed by atoms with Gasteiger partial charge >= 0.3 is 0 Å². The molecule has 3 rings (SSSR count). The standard InChI is InChI=1S/C10H17NO/c1-6(12)9-7-2-4-8(5-3-7)10(9)11/h7-10H,2-5,11H2,1H3/t7?,8?,9-,10-/m0/s1/i2D,3D2,4D,5D2,7D,8D/t2?,4?,7?,8?,9-,10-. The summed E-state index contributed by atoms with van der Waals surface area (Å²) in [4.78, 5) is 11.8. The van der Waals surface area contributed by atoms with E-state index in [9.17, 15) is 4.79 Å². The van der Waals surface area contributed by atoms with Gasteiger partial charge in [0.05, 0.1) is 0 Å². The maximum atomic E-state index is 11.8. The minimum absolute atomic E-state index is 0.646. The second-order valence-electron chi connectivity index (χ2n) is 3.11. The van der Waals surface area contributed by atoms with Crippen molar-refractivity contribution in [2.24, 2.45) is 23.4 Å². The second-order valence-corrected chi connectivity index (χ2v) is 3.11. The van der Waals surface area contributed by atoms with Crippen molar-refractivity contribution >= 4 is 5.78 Å². The second kappa shape index (κ2) is 2.84. The first-order chi connectivity index (χ1) is 8.79. The highest BCUT2D eigenvalue weighted by Crippen LogP contribution is 2.44. The first-order valence-corrected chi connectivity index (χ1v) is 3.90. The summed E-state index contributed by atoms with van der Waals surface area (Å²) in [6, 6.07) is -1.49. The van der Waals surface area contributed by atoms with Gasteiger partial charge in [0, 0.05) is 22.9 Å². The lowest BCUT2D eigenvalue weighted by Crippen LogP contribution is -2.51. The molecule has 0 aromatic carbocycles. The highest BCUT2D eigenvalue weighted by Gasteiger charge is 2.43. The third-order valence-corrected chi connectivity index (χ3v) is 2.28. The molecule has 0 radical (unpaired) electrons. The number of carbonyl (C=O) groups is 1. The molecular weight excluding hydrogens is 150 g/mol. The van der Waals surface area contributed by atoms with Crippen LogP contribution in [0.5, 0.6) is 0 Å². The van der Waals surface area contributed by atoms with Gasteiger partial charge in [-0.05, 0) is 44.3 Å². The molecule has 0 spiro atoms. The van der Waals surface area contributed by atoms with Crippen molar-refractivity contribution in [2.75, 3.05) is 0 Å². The Labute approximate surface area is 84.8 Å². The van der Waals surface area contributed by atoms with E-state index in [2.05, 4.69) is 0 Å². The average molecular weight is 175 g/mol. The Kier molecular flexibility index (Phi) is 0.731. The van der Waals surface area contributed by atoms with Gasteiger partial charge in [0.2, 0.25) is 0 Å². The number of rotatable bonds is 1. The Bertz CT molecular complexity index is 470. The van der Waals surface area contributed by atoms with Crippen LogP contribution >= 0.6 is 0 Å². The van der Waals surface area contributed by atoms with E-state index < -0.39 is 55.1 Å². The fraction of sp³-hybridized carbons (Fsp3) is 0.900. The van der Waals surface area contributed by atoms with Gasteiger partial charge in [-0.25, -0.2) is 0 Å². The van der Waals surface area contributed by atoms with Crippen molar-refractivity contribution < 1.29 is 15.8 Å². The van der Waals surface area contributed by atoms with Gasteiger partial charge in [-0.15, -0.1) is 0 Å². The van der Waals surface area contributed by atoms with Crippen LogP contribution in [0.2, 0.25) is 0 Å². The Morgan fingerprint density at radius 1 is 1.50 bits per heavy atom. The van der Waals surface area contributed by atoms with Crippen LogP contribution < -0.4 is 5.73 Å². The maximum Gasteiger partial charge on any atom is 0.134 e. The largest absolute Gasteiger partial charge is 0.327 e. The van der Waals surface area contributed by atoms with Crippen LogP contribution in [-0.2, 0) is 4.79 Å². The molecule has 2 heteroatoms. The van der Waals surface area contributed by atoms with E-state index in [1.807, 2.05) is 0 Å². The molecule has 12 heavy (non-hydrogen) atoms. The van der Waals surface area contributed by atoms with Crippen LogP contribution in [-0.4, -0.2) is 11.8 Å². The summed E-state index contributed by atoms with van der Waals surface area (Å²) in [7, 11) is 0. The van der Waals surface area contributed by atoms with Crippen molar-refractivity contribution in [2.45, 2.75) is 38.5 Å². The number of nitrogens with two attached hydrogens (primary N) is 1. The van der Waals surface area contributed by atoms with Crippen LogP contribution in [0.15, 0.2) is 0 Å². The lowest BCUT2D eigenvalue weighted by atomic mass is 9.61. The summed E-state index contributed by atoms with van der Waals surface area (Å²) in [5, 5.41) is 0. The van der Waals surface area contributed by atoms with Gasteiger partial charge in [0.1, 0.15) is 5.78 Å². The van der Waals surface area contributed by atoms with E-state index in [1.54, 1.807) is 0 Å². The summed E-state index contributed by atoms with van der Waals surface area (Å²) in [6.07, 6.45) is -9.22. The number of fused-ring (bicyclic) bond motifs is 3. The molecule has 3 aliphatic rings. The molecule has 0 saturated heterocycles. The van der Waals surface area contributed by atoms with E-state index in [4.69, 9.17) is 16.7 Å². The SMILES string of the molecule is [2H]C1C([2H])C2([2H])[C@H](C(C)=O)[C@@H](N)C1([2H])C([2H])([2H])C2([2H])[2H]. The first kappa shape index (κ1) is 3.09. The summed E-state index contributed by atoms with van der Waals surface area (Å²) in [5.41, 5.74) is 5.80. The van der Waals surface area contributed by atoms with Gasteiger partial charge in [0.15, 0.2) is 0 Å². The molecule has 0 aromatic rings. The summed E-state index contributed by atoms with van der Waals surface area (Å²) >= 11 is 0. The molecule has 2 bridgehead atoms. The quantitative estimate of drug-likeness (QED) is 0.653. The molecule has 2 N–H and O–H groups in total. The average Bonchev–Trinajstić information content (AvgIpc) is 2.31. The van der Waals surface area contributed by atoms with Crippen LogP contribution in [0.1, 0.15) is 43.4 Å². The van der Waals surface area contributed by atoms with E-state index in [-0.39, 0.29) is 0 Å². The Hall–Kier alpha value is -0.370. The van der Waals surface area contributed by atoms with Crippen molar-refractivity contribution in [1.29, 1.82) is 0 Å². The molecular formula is C10H17NO. The van der Waals surface area contributed by atoms with Crippen LogP contribution in [0.4, 0.5) is 0 Å². The topological polar surface area (TPSA) is 43.1 Å². The molecule has 2 nitrogen and oxygen atoms in total. The highest BCUT2D eigenvalue weighted by molar-refractivity contribution is 5.79. The molecule has 4 unspecified atom stereocenters. The van der Waals surface area contributed by atoms with Gasteiger partial charge in [0.25, 0.3) is 0 Å². The fourth-order valence-electron chi connectivity index (χ4n) is 1.63. The lowest BCUT2D eigenvalue weighted by Gasteiger charge is -2.46. The van der Waals surface area contributed by atoms with Crippen LogP contribution in [0.25, 0.3) is 0 Å². The molecule has 0 heterocycles. The van der Waals surface area contributed by atoms with Crippen LogP contribution in [0, 0.1) is 17.7 Å². The lowest BCUT2D eigenvalue weighted by molar-refractivity contribution is -0.126. The third kappa shape index (κ3) is 1.09. The zero-order chi connectivity index (χ0) is 15.9. The number of Topliss-reactive ketones (excluding diaryl/α,β-unsaturated/α-hetero) is 1. The van der Waals surface area contributed by atoms with Gasteiger partial charge in [-0.3, -0.25) is 4.79 Å². The minimum atomic E-state index is -2.92. The van der Waals surface area contributed by atoms with Crippen molar-refractivity contribution in [3.05, 3.63) is 0 Å². The Morgan fingerprint density at radius 3 is 2.75 bits per heavy atom. The molecule has 6 atom stereocenters. The van der Waals surface area contributed by atoms with Gasteiger partial charge in [-0.1, -0.05) is 0 Å². The normalized spacial score (nSPS) is 88.8. The summed E-state index contributed by atoms with van der Waals surface area (Å²) in [6.45, 7) is 1.10. The first-order valence-electron chi connectivity index (χ1n) is 8.05. The van der Waals surface area contributed by atoms with Crippen molar-refractivity contribution in [1.82, 2.24) is 0 Å². The molecule has 0 amide bonds. The predicted octanol–water partition coefficient (Wildman–Crippen LogP) is 1.34. The third-order valence-electron chi connectivity index (χ3n) is 2.28. The number of carbonyl (C=O) groups excluding carboxylic acids is 1. The molecule has 68 valence electrons. The maximum absolute atomic E-state index is 11.8. The number of hydrogen-bond acceptors (Lipinski definition) is 2. The van der Waals surface area contributed by atoms with E-state index in [0.717, 1.165) is 6.92 Å². The van der Waals surface area contributed by atoms with E-state index in [1.165, 1.54) is 0 Å². The Morgan fingerprint density at radius 2 is 2.08 bits per heavy atom. The van der Waals surface area contributed by atoms with Crippen molar-refractivity contribution in [3.8, 4) is 0 Å². The molecule has 0 aliphatic heterocycles. The van der Waals surface area contributed by atoms with Crippen LogP contribution in [0.3, 0.4) is 0 Å². The smallest absolute Gasteiger partial charge is 0.134 e. The summed E-state index contributed by atoms with van der Waals surface area (Å²) in [5.74, 6) is -7.03. The molecule has 3 saturated carbocycles. The van der Waals surface area contributed by atoms with Gasteiger partial charge < -0.3 is 5.73 Å². The van der Waals surface area contributed by atoms with Crippen molar-refractivity contribution in [3.63, 3.8) is 0 Å². The summed E-state index contributed by atoms with van der Waals surface area (Å²) < 4.78 is 64.1.